The number of carbonyl (C=O) groups is 4. The van der Waals surface area contributed by atoms with E-state index in [0.717, 1.165) is 112 Å². The van der Waals surface area contributed by atoms with Gasteiger partial charge in [-0.05, 0) is 197 Å². The van der Waals surface area contributed by atoms with Gasteiger partial charge in [-0.1, -0.05) is 104 Å². The molecule has 0 bridgehead atoms. The minimum Gasteiger partial charge on any atom is -0.444 e. The molecule has 0 radical (unpaired) electrons. The van der Waals surface area contributed by atoms with Crippen LogP contribution in [0.4, 0.5) is 9.59 Å². The number of aryl methyl sites for hydroxylation is 3. The molecule has 0 spiro atoms. The maximum absolute atomic E-state index is 12.9. The highest BCUT2D eigenvalue weighted by Crippen LogP contribution is 2.29. The predicted octanol–water partition coefficient (Wildman–Crippen LogP) is 12.9. The molecule has 0 fully saturated rings. The van der Waals surface area contributed by atoms with Crippen molar-refractivity contribution >= 4 is 24.8 Å². The lowest BCUT2D eigenvalue weighted by atomic mass is 9.94. The SMILES string of the molecule is CC(C)(C)OC(=O)N1Cc2ccccc2C[C@@H]1C=O.CCCCC=O.Cc1cccnc1[C@H](C)N.Cc1cccnc1[C@H](C)N(CCCCN)C[C@H]1Cc2ccccc2CN1.Cc1cccnc1[C@H](C)NC[C@H]1Cc2ccccc2CN1C(=O)OC(C)(C)C. The first-order chi connectivity index (χ1) is 42.5. The fraction of sp³-hybridized carbons (Fsp3) is 0.493. The van der Waals surface area contributed by atoms with Crippen LogP contribution in [0.25, 0.3) is 0 Å². The highest BCUT2D eigenvalue weighted by Gasteiger charge is 2.35. The molecule has 0 unspecified atom stereocenters. The fourth-order valence-electron chi connectivity index (χ4n) is 11.1. The lowest BCUT2D eigenvalue weighted by Gasteiger charge is -2.38. The molecule has 3 aromatic carbocycles. The summed E-state index contributed by atoms with van der Waals surface area (Å²) >= 11 is 0. The Morgan fingerprint density at radius 2 is 1.13 bits per heavy atom. The van der Waals surface area contributed by atoms with Crippen LogP contribution in [0.1, 0.15) is 187 Å². The van der Waals surface area contributed by atoms with Gasteiger partial charge in [-0.15, -0.1) is 0 Å². The van der Waals surface area contributed by atoms with Crippen LogP contribution in [-0.2, 0) is 58.0 Å². The Labute approximate surface area is 532 Å². The van der Waals surface area contributed by atoms with E-state index in [1.807, 2.05) is 127 Å². The van der Waals surface area contributed by atoms with Crippen molar-refractivity contribution < 1.29 is 28.7 Å². The first-order valence-electron chi connectivity index (χ1n) is 32.0. The van der Waals surface area contributed by atoms with Crippen LogP contribution >= 0.6 is 0 Å². The molecule has 3 aliphatic heterocycles. The number of nitrogens with two attached hydrogens (primary N) is 2. The number of aldehydes is 2. The van der Waals surface area contributed by atoms with Crippen molar-refractivity contribution in [2.75, 3.05) is 26.2 Å². The summed E-state index contributed by atoms with van der Waals surface area (Å²) in [5, 5.41) is 7.31. The van der Waals surface area contributed by atoms with Crippen LogP contribution in [0, 0.1) is 20.8 Å². The summed E-state index contributed by atoms with van der Waals surface area (Å²) in [6, 6.07) is 37.7. The number of pyridine rings is 3. The summed E-state index contributed by atoms with van der Waals surface area (Å²) in [5.74, 6) is 0. The minimum atomic E-state index is -0.554. The van der Waals surface area contributed by atoms with Crippen LogP contribution < -0.4 is 22.1 Å². The van der Waals surface area contributed by atoms with Crippen molar-refractivity contribution in [2.45, 2.75) is 208 Å². The molecular weight excluding hydrogens is 1110 g/mol. The molecule has 6 aromatic rings. The number of fused-ring (bicyclic) bond motifs is 3. The van der Waals surface area contributed by atoms with E-state index in [9.17, 15) is 19.2 Å². The normalized spacial score (nSPS) is 16.8. The van der Waals surface area contributed by atoms with E-state index in [2.05, 4.69) is 120 Å². The second-order valence-electron chi connectivity index (χ2n) is 25.6. The van der Waals surface area contributed by atoms with Crippen molar-refractivity contribution in [1.82, 2.24) is 40.3 Å². The van der Waals surface area contributed by atoms with E-state index < -0.39 is 23.3 Å². The monoisotopic (exact) mass is 1220 g/mol. The van der Waals surface area contributed by atoms with Gasteiger partial charge in [-0.2, -0.15) is 0 Å². The molecular formula is C73H104N10O6. The highest BCUT2D eigenvalue weighted by atomic mass is 16.6. The van der Waals surface area contributed by atoms with Crippen molar-refractivity contribution in [3.8, 4) is 0 Å². The van der Waals surface area contributed by atoms with Crippen molar-refractivity contribution in [3.63, 3.8) is 0 Å². The summed E-state index contributed by atoms with van der Waals surface area (Å²) in [4.78, 5) is 65.0. The number of benzene rings is 3. The van der Waals surface area contributed by atoms with E-state index in [1.165, 1.54) is 44.0 Å². The molecule has 89 heavy (non-hydrogen) atoms. The Bertz CT molecular complexity index is 3120. The van der Waals surface area contributed by atoms with Gasteiger partial charge < -0.3 is 41.2 Å². The van der Waals surface area contributed by atoms with Crippen molar-refractivity contribution in [3.05, 3.63) is 195 Å². The number of nitrogens with zero attached hydrogens (tertiary/aromatic N) is 6. The molecule has 482 valence electrons. The van der Waals surface area contributed by atoms with Gasteiger partial charge in [-0.25, -0.2) is 9.59 Å². The highest BCUT2D eigenvalue weighted by molar-refractivity contribution is 5.75. The zero-order chi connectivity index (χ0) is 65.1. The molecule has 0 saturated carbocycles. The van der Waals surface area contributed by atoms with Gasteiger partial charge in [0, 0.05) is 81.8 Å². The summed E-state index contributed by atoms with van der Waals surface area (Å²) in [7, 11) is 0. The molecule has 9 rings (SSSR count). The molecule has 16 heteroatoms. The fourth-order valence-corrected chi connectivity index (χ4v) is 11.1. The minimum absolute atomic E-state index is 0.0382. The molecule has 6 heterocycles. The first-order valence-corrected chi connectivity index (χ1v) is 32.0. The van der Waals surface area contributed by atoms with Crippen LogP contribution in [0.2, 0.25) is 0 Å². The lowest BCUT2D eigenvalue weighted by molar-refractivity contribution is -0.113. The third-order valence-corrected chi connectivity index (χ3v) is 15.8. The Morgan fingerprint density at radius 3 is 1.61 bits per heavy atom. The molecule has 0 aliphatic carbocycles. The number of nitrogens with one attached hydrogen (secondary N) is 2. The predicted molar refractivity (Wildman–Crippen MR) is 358 cm³/mol. The van der Waals surface area contributed by atoms with E-state index in [0.29, 0.717) is 38.1 Å². The third kappa shape index (κ3) is 23.9. The van der Waals surface area contributed by atoms with E-state index in [-0.39, 0.29) is 24.2 Å². The van der Waals surface area contributed by atoms with Crippen molar-refractivity contribution in [2.24, 2.45) is 11.5 Å². The second-order valence-corrected chi connectivity index (χ2v) is 25.6. The topological polar surface area (TPSA) is 211 Å². The lowest BCUT2D eigenvalue weighted by Crippen LogP contribution is -2.50. The zero-order valence-corrected chi connectivity index (χ0v) is 55.6. The number of hydrogen-bond acceptors (Lipinski definition) is 14. The van der Waals surface area contributed by atoms with Crippen molar-refractivity contribution in [1.29, 1.82) is 0 Å². The zero-order valence-electron chi connectivity index (χ0n) is 55.6. The quantitative estimate of drug-likeness (QED) is 0.0494. The summed E-state index contributed by atoms with van der Waals surface area (Å²) in [5.41, 5.74) is 24.8. The summed E-state index contributed by atoms with van der Waals surface area (Å²) in [6.45, 7) is 31.4. The average molecular weight is 1220 g/mol. The molecule has 0 saturated heterocycles. The van der Waals surface area contributed by atoms with Crippen LogP contribution in [0.3, 0.4) is 0 Å². The number of amides is 2. The number of ether oxygens (including phenoxy) is 2. The molecule has 16 nitrogen and oxygen atoms in total. The smallest absolute Gasteiger partial charge is 0.411 e. The maximum atomic E-state index is 12.9. The molecule has 3 aliphatic rings. The van der Waals surface area contributed by atoms with Crippen LogP contribution in [-0.4, -0.2) is 110 Å². The Balaban J connectivity index is 0.000000218. The summed E-state index contributed by atoms with van der Waals surface area (Å²) in [6.07, 6.45) is 14.2. The number of aromatic nitrogens is 3. The van der Waals surface area contributed by atoms with E-state index in [1.54, 1.807) is 6.20 Å². The van der Waals surface area contributed by atoms with Gasteiger partial charge in [0.25, 0.3) is 0 Å². The molecule has 6 atom stereocenters. The van der Waals surface area contributed by atoms with Gasteiger partial charge >= 0.3 is 12.2 Å². The standard InChI is InChI=1S/C23H31N3O2.C22H32N4.C15H19NO3.C8H12N2.C5H10O/c1-16-9-8-12-24-21(16)17(2)25-14-20-13-18-10-6-7-11-19(18)15-26(20)22(27)28-23(3,4)5;1-17-8-7-12-24-22(17)18(2)26(13-6-5-11-23)16-21-14-19-9-3-4-10-20(19)15-25-21;1-15(2,3)19-14(18)16-9-12-7-5-4-6-11(12)8-13(16)10-17;1-6-4-3-5-10-8(6)7(2)9;1-2-3-4-5-6/h6-12,17,20,25H,13-15H2,1-5H3;3-4,7-10,12,18,21,25H,5-6,11,13-16,23H2,1-2H3;4-7,10,13H,8-9H2,1-3H3;3-5,7H,9H2,1-2H3;5H,2-4H2,1H3/t17-,20+;18-,21+;13-;7-;/m0010./s1. The molecule has 6 N–H and O–H groups in total. The maximum Gasteiger partial charge on any atom is 0.411 e. The number of carbonyl (C=O) groups excluding carboxylic acids is 4. The number of rotatable bonds is 17. The van der Waals surface area contributed by atoms with Crippen LogP contribution in [0.5, 0.6) is 0 Å². The van der Waals surface area contributed by atoms with Gasteiger partial charge in [-0.3, -0.25) is 29.7 Å². The van der Waals surface area contributed by atoms with E-state index in [4.69, 9.17) is 20.9 Å². The van der Waals surface area contributed by atoms with Crippen LogP contribution in [0.15, 0.2) is 128 Å². The molecule has 2 amide bonds. The number of unbranched alkanes of at least 4 members (excludes halogenated alkanes) is 3. The molecule has 3 aromatic heterocycles. The van der Waals surface area contributed by atoms with Gasteiger partial charge in [0.15, 0.2) is 0 Å². The van der Waals surface area contributed by atoms with E-state index >= 15 is 0 Å². The Hall–Kier alpha value is -7.21. The summed E-state index contributed by atoms with van der Waals surface area (Å²) < 4.78 is 11.0. The first kappa shape index (κ1) is 72.5. The Kier molecular flexibility index (Phi) is 29.7. The largest absolute Gasteiger partial charge is 0.444 e. The third-order valence-electron chi connectivity index (χ3n) is 15.8. The average Bonchev–Trinajstić information content (AvgIpc) is 1.54. The van der Waals surface area contributed by atoms with Gasteiger partial charge in [0.1, 0.15) is 23.8 Å². The van der Waals surface area contributed by atoms with Gasteiger partial charge in [0.2, 0.25) is 0 Å². The van der Waals surface area contributed by atoms with Gasteiger partial charge in [0.05, 0.1) is 35.7 Å². The second kappa shape index (κ2) is 36.4. The number of hydrogen-bond donors (Lipinski definition) is 4. The Morgan fingerprint density at radius 1 is 0.652 bits per heavy atom.